The van der Waals surface area contributed by atoms with Crippen molar-refractivity contribution in [1.82, 2.24) is 24.7 Å². The van der Waals surface area contributed by atoms with Crippen molar-refractivity contribution < 1.29 is 0 Å². The molecule has 0 spiro atoms. The van der Waals surface area contributed by atoms with Crippen LogP contribution in [0.4, 0.5) is 11.6 Å². The van der Waals surface area contributed by atoms with Crippen molar-refractivity contribution >= 4 is 11.6 Å². The first-order valence-corrected chi connectivity index (χ1v) is 15.8. The van der Waals surface area contributed by atoms with Gasteiger partial charge in [-0.25, -0.2) is 4.98 Å². The van der Waals surface area contributed by atoms with Gasteiger partial charge in [0.25, 0.3) is 5.56 Å². The quantitative estimate of drug-likeness (QED) is 0.319. The van der Waals surface area contributed by atoms with Crippen molar-refractivity contribution in [1.29, 1.82) is 0 Å². The Kier molecular flexibility index (Phi) is 10.1. The fourth-order valence-electron chi connectivity index (χ4n) is 6.39. The van der Waals surface area contributed by atoms with Crippen molar-refractivity contribution in [2.24, 2.45) is 0 Å². The van der Waals surface area contributed by atoms with E-state index in [0.717, 1.165) is 56.8 Å². The van der Waals surface area contributed by atoms with Crippen LogP contribution in [-0.2, 0) is 13.1 Å². The molecule has 8 nitrogen and oxygen atoms in total. The van der Waals surface area contributed by atoms with Gasteiger partial charge in [-0.2, -0.15) is 0 Å². The molecule has 1 aliphatic carbocycles. The Hall–Kier alpha value is -4.42. The number of nitrogens with zero attached hydrogens (tertiary/aromatic N) is 5. The average molecular weight is 594 g/mol. The zero-order valence-electron chi connectivity index (χ0n) is 26.8. The molecule has 44 heavy (non-hydrogen) atoms. The van der Waals surface area contributed by atoms with Gasteiger partial charge >= 0.3 is 0 Å². The highest BCUT2D eigenvalue weighted by Gasteiger charge is 2.22. The smallest absolute Gasteiger partial charge is 0.278 e. The predicted molar refractivity (Wildman–Crippen MR) is 181 cm³/mol. The minimum Gasteiger partial charge on any atom is -0.377 e. The van der Waals surface area contributed by atoms with Gasteiger partial charge in [-0.1, -0.05) is 49.1 Å². The lowest BCUT2D eigenvalue weighted by molar-refractivity contribution is 0.389. The van der Waals surface area contributed by atoms with Crippen LogP contribution in [0.15, 0.2) is 106 Å². The molecule has 3 aliphatic rings. The van der Waals surface area contributed by atoms with Crippen molar-refractivity contribution in [3.8, 4) is 0 Å². The molecule has 5 rings (SSSR count). The lowest BCUT2D eigenvalue weighted by atomic mass is 10.1. The topological polar surface area (TPSA) is 68.7 Å². The minimum atomic E-state index is -0.0917. The molecule has 0 saturated carbocycles. The van der Waals surface area contributed by atoms with E-state index in [1.54, 1.807) is 10.8 Å². The van der Waals surface area contributed by atoms with Crippen molar-refractivity contribution in [2.75, 3.05) is 50.5 Å². The number of hydrogen-bond acceptors (Lipinski definition) is 7. The van der Waals surface area contributed by atoms with E-state index in [9.17, 15) is 4.79 Å². The molecule has 0 bridgehead atoms. The molecule has 2 aliphatic heterocycles. The van der Waals surface area contributed by atoms with E-state index in [1.165, 1.54) is 28.7 Å². The number of allylic oxidation sites excluding steroid dienone is 4. The third-order valence-corrected chi connectivity index (χ3v) is 8.70. The third kappa shape index (κ3) is 7.37. The lowest BCUT2D eigenvalue weighted by Gasteiger charge is -2.31. The van der Waals surface area contributed by atoms with E-state index in [1.807, 2.05) is 13.0 Å². The zero-order valence-corrected chi connectivity index (χ0v) is 26.8. The molecule has 0 amide bonds. The highest BCUT2D eigenvalue weighted by Crippen LogP contribution is 2.29. The standard InChI is InChI=1S/C36H47N7O/c1-6-32(37-22-29-20-30-16-19-40(4)25-31(30)21-29)26-43-35(44)33(23-38-36(43)42-17-12-9-13-18-42)39-27(3)34(7-2)41(5)24-28-14-10-8-11-15-28/h7-8,10-11,14-16,19,21,23,27,37,39H,1,9,12-13,17-18,20,22,24-26H2,2-5H3/b34-7-/t27-/m1/s1. The maximum Gasteiger partial charge on any atom is 0.278 e. The molecule has 1 fully saturated rings. The van der Waals surface area contributed by atoms with E-state index < -0.39 is 0 Å². The third-order valence-electron chi connectivity index (χ3n) is 8.70. The number of anilines is 2. The van der Waals surface area contributed by atoms with Gasteiger partial charge in [0.2, 0.25) is 5.95 Å². The molecule has 1 aromatic heterocycles. The van der Waals surface area contributed by atoms with Gasteiger partial charge in [0.1, 0.15) is 5.69 Å². The van der Waals surface area contributed by atoms with Crippen LogP contribution in [0.2, 0.25) is 0 Å². The van der Waals surface area contributed by atoms with Crippen LogP contribution >= 0.6 is 0 Å². The lowest BCUT2D eigenvalue weighted by Crippen LogP contribution is -2.39. The van der Waals surface area contributed by atoms with Crippen molar-refractivity contribution in [2.45, 2.75) is 58.7 Å². The summed E-state index contributed by atoms with van der Waals surface area (Å²) in [5, 5.41) is 7.02. The fraction of sp³-hybridized carbons (Fsp3) is 0.417. The van der Waals surface area contributed by atoms with Gasteiger partial charge in [-0.05, 0) is 74.1 Å². The maximum absolute atomic E-state index is 14.1. The Bertz CT molecular complexity index is 1550. The molecule has 0 unspecified atom stereocenters. The molecule has 3 heterocycles. The summed E-state index contributed by atoms with van der Waals surface area (Å²) in [6, 6.07) is 10.3. The summed E-state index contributed by atoms with van der Waals surface area (Å²) in [6.45, 7) is 12.6. The number of hydrogen-bond donors (Lipinski definition) is 2. The normalized spacial score (nSPS) is 17.2. The number of aromatic nitrogens is 2. The summed E-state index contributed by atoms with van der Waals surface area (Å²) >= 11 is 0. The Morgan fingerprint density at radius 2 is 1.95 bits per heavy atom. The molecule has 0 radical (unpaired) electrons. The molecule has 1 atom stereocenters. The Balaban J connectivity index is 1.33. The Morgan fingerprint density at radius 3 is 2.68 bits per heavy atom. The van der Waals surface area contributed by atoms with Gasteiger partial charge in [-0.3, -0.25) is 9.36 Å². The maximum atomic E-state index is 14.1. The molecule has 1 aromatic carbocycles. The van der Waals surface area contributed by atoms with Crippen LogP contribution in [0, 0.1) is 0 Å². The van der Waals surface area contributed by atoms with Crippen molar-refractivity contribution in [3.05, 3.63) is 117 Å². The monoisotopic (exact) mass is 593 g/mol. The summed E-state index contributed by atoms with van der Waals surface area (Å²) in [6.07, 6.45) is 14.8. The fourth-order valence-corrected chi connectivity index (χ4v) is 6.39. The zero-order chi connectivity index (χ0) is 31.1. The van der Waals surface area contributed by atoms with E-state index in [2.05, 4.69) is 107 Å². The van der Waals surface area contributed by atoms with Gasteiger partial charge in [-0.15, -0.1) is 5.73 Å². The summed E-state index contributed by atoms with van der Waals surface area (Å²) in [7, 11) is 4.18. The largest absolute Gasteiger partial charge is 0.377 e. The highest BCUT2D eigenvalue weighted by atomic mass is 16.1. The summed E-state index contributed by atoms with van der Waals surface area (Å²) in [5.41, 5.74) is 10.7. The summed E-state index contributed by atoms with van der Waals surface area (Å²) in [5.74, 6) is 0.709. The van der Waals surface area contributed by atoms with E-state index >= 15 is 0 Å². The minimum absolute atomic E-state index is 0.0893. The number of piperidine rings is 1. The van der Waals surface area contributed by atoms with Gasteiger partial charge in [0.05, 0.1) is 24.5 Å². The van der Waals surface area contributed by atoms with E-state index in [4.69, 9.17) is 4.98 Å². The predicted octanol–water partition coefficient (Wildman–Crippen LogP) is 5.41. The van der Waals surface area contributed by atoms with Crippen LogP contribution in [0.5, 0.6) is 0 Å². The SMILES string of the molecule is C=C=C(Cn1c(N2CCCCC2)ncc(N[C@H](C)/C(=C/C)N(C)Cc2ccccc2)c1=O)NCC1=CC2=C(C=CN(C)C2)C1. The molecule has 2 N–H and O–H groups in total. The second-order valence-corrected chi connectivity index (χ2v) is 12.1. The Labute approximate surface area is 262 Å². The van der Waals surface area contributed by atoms with Crippen molar-refractivity contribution in [3.63, 3.8) is 0 Å². The number of rotatable bonds is 12. The van der Waals surface area contributed by atoms with Gasteiger partial charge < -0.3 is 25.3 Å². The van der Waals surface area contributed by atoms with Gasteiger partial charge in [0.15, 0.2) is 0 Å². The first-order valence-electron chi connectivity index (χ1n) is 15.8. The average Bonchev–Trinajstić information content (AvgIpc) is 3.44. The molecular weight excluding hydrogens is 546 g/mol. The molecule has 1 saturated heterocycles. The first kappa shape index (κ1) is 31.0. The van der Waals surface area contributed by atoms with E-state index in [0.29, 0.717) is 24.7 Å². The second kappa shape index (κ2) is 14.4. The van der Waals surface area contributed by atoms with Crippen LogP contribution < -0.4 is 21.1 Å². The highest BCUT2D eigenvalue weighted by molar-refractivity contribution is 5.48. The van der Waals surface area contributed by atoms with Crippen LogP contribution in [0.3, 0.4) is 0 Å². The first-order chi connectivity index (χ1) is 21.4. The van der Waals surface area contributed by atoms with E-state index in [-0.39, 0.29) is 11.6 Å². The number of nitrogens with one attached hydrogen (secondary N) is 2. The van der Waals surface area contributed by atoms with Crippen LogP contribution in [-0.4, -0.2) is 65.7 Å². The van der Waals surface area contributed by atoms with Crippen LogP contribution in [0.25, 0.3) is 0 Å². The molecule has 2 aromatic rings. The molecule has 8 heteroatoms. The summed E-state index contributed by atoms with van der Waals surface area (Å²) < 4.78 is 1.79. The Morgan fingerprint density at radius 1 is 1.18 bits per heavy atom. The number of benzene rings is 1. The number of likely N-dealkylation sites (N-methyl/N-ethyl adjacent to an activating group) is 2. The summed E-state index contributed by atoms with van der Waals surface area (Å²) in [4.78, 5) is 25.7. The van der Waals surface area contributed by atoms with Gasteiger partial charge in [0, 0.05) is 52.5 Å². The molecule has 232 valence electrons. The molecular formula is C36H47N7O. The second-order valence-electron chi connectivity index (χ2n) is 12.1. The van der Waals surface area contributed by atoms with Crippen LogP contribution in [0.1, 0.15) is 45.1 Å².